The maximum atomic E-state index is 14.9. The molecule has 4 rings (SSSR count). The Labute approximate surface area is 246 Å². The summed E-state index contributed by atoms with van der Waals surface area (Å²) >= 11 is 0. The number of nitrogens with two attached hydrogens (primary N) is 2. The molecule has 0 aliphatic heterocycles. The summed E-state index contributed by atoms with van der Waals surface area (Å²) in [4.78, 5) is 17.2. The van der Waals surface area contributed by atoms with E-state index in [0.29, 0.717) is 22.7 Å². The number of hydrogen-bond donors (Lipinski definition) is 3. The van der Waals surface area contributed by atoms with E-state index < -0.39 is 19.5 Å². The number of aryl methyl sites for hydroxylation is 2. The van der Waals surface area contributed by atoms with Crippen LogP contribution in [-0.4, -0.2) is 12.1 Å². The van der Waals surface area contributed by atoms with E-state index >= 15 is 0 Å². The van der Waals surface area contributed by atoms with Crippen LogP contribution in [0.1, 0.15) is 41.9 Å². The van der Waals surface area contributed by atoms with Crippen molar-refractivity contribution >= 4 is 25.3 Å². The molecule has 0 aliphatic carbocycles. The molecule has 0 saturated heterocycles. The molecule has 0 bridgehead atoms. The zero-order chi connectivity index (χ0) is 30.0. The Morgan fingerprint density at radius 1 is 0.762 bits per heavy atom. The molecule has 4 aromatic carbocycles. The number of guanidine groups is 1. The zero-order valence-corrected chi connectivity index (χ0v) is 24.5. The lowest BCUT2D eigenvalue weighted by molar-refractivity contribution is 0.137. The van der Waals surface area contributed by atoms with E-state index in [9.17, 15) is 9.36 Å². The first kappa shape index (κ1) is 30.2. The average molecular weight is 587 g/mol. The largest absolute Gasteiger partial charge is 0.457 e. The van der Waals surface area contributed by atoms with Gasteiger partial charge in [0, 0.05) is 0 Å². The van der Waals surface area contributed by atoms with Crippen molar-refractivity contribution in [1.29, 1.82) is 0 Å². The molecule has 0 spiro atoms. The second kappa shape index (κ2) is 14.2. The predicted molar refractivity (Wildman–Crippen MR) is 165 cm³/mol. The van der Waals surface area contributed by atoms with Crippen molar-refractivity contribution in [2.75, 3.05) is 0 Å². The van der Waals surface area contributed by atoms with Gasteiger partial charge in [0.2, 0.25) is 0 Å². The smallest absolute Gasteiger partial charge is 0.445 e. The Hall–Kier alpha value is -4.75. The number of carbonyl (C=O) groups excluding carboxylic acids is 1. The van der Waals surface area contributed by atoms with Crippen LogP contribution in [0.15, 0.2) is 108 Å². The molecule has 5 N–H and O–H groups in total. The third kappa shape index (κ3) is 8.38. The van der Waals surface area contributed by atoms with E-state index in [1.807, 2.05) is 68.4 Å². The van der Waals surface area contributed by atoms with E-state index in [4.69, 9.17) is 25.3 Å². The molecule has 1 amide bonds. The molecule has 1 atom stereocenters. The minimum Gasteiger partial charge on any atom is -0.445 e. The van der Waals surface area contributed by atoms with E-state index in [0.717, 1.165) is 29.5 Å². The fourth-order valence-electron chi connectivity index (χ4n) is 4.09. The highest BCUT2D eigenvalue weighted by molar-refractivity contribution is 7.55. The van der Waals surface area contributed by atoms with Crippen molar-refractivity contribution in [3.05, 3.63) is 125 Å². The first-order chi connectivity index (χ1) is 20.3. The normalized spacial score (nSPS) is 11.7. The van der Waals surface area contributed by atoms with Gasteiger partial charge in [-0.1, -0.05) is 80.6 Å². The molecular weight excluding hydrogens is 551 g/mol. The third-order valence-corrected chi connectivity index (χ3v) is 8.37. The highest BCUT2D eigenvalue weighted by Crippen LogP contribution is 2.59. The molecule has 10 heteroatoms. The van der Waals surface area contributed by atoms with Gasteiger partial charge in [0.1, 0.15) is 18.1 Å². The first-order valence-electron chi connectivity index (χ1n) is 13.6. The predicted octanol–water partition coefficient (Wildman–Crippen LogP) is 6.99. The van der Waals surface area contributed by atoms with Crippen LogP contribution in [0.25, 0.3) is 0 Å². The molecule has 0 fully saturated rings. The first-order valence-corrected chi connectivity index (χ1v) is 15.2. The van der Waals surface area contributed by atoms with Crippen LogP contribution < -0.4 is 25.8 Å². The van der Waals surface area contributed by atoms with Crippen LogP contribution in [0.5, 0.6) is 11.5 Å². The van der Waals surface area contributed by atoms with Gasteiger partial charge in [0.15, 0.2) is 11.7 Å². The van der Waals surface area contributed by atoms with Crippen LogP contribution in [0.4, 0.5) is 10.5 Å². The number of ether oxygens (including phenoxy) is 1. The van der Waals surface area contributed by atoms with Crippen molar-refractivity contribution in [2.24, 2.45) is 16.5 Å². The van der Waals surface area contributed by atoms with E-state index in [2.05, 4.69) is 10.3 Å². The maximum Gasteiger partial charge on any atom is 0.457 e. The summed E-state index contributed by atoms with van der Waals surface area (Å²) in [6, 6.07) is 30.2. The summed E-state index contributed by atoms with van der Waals surface area (Å²) in [7, 11) is -4.23. The summed E-state index contributed by atoms with van der Waals surface area (Å²) in [5.41, 5.74) is 14.9. The van der Waals surface area contributed by atoms with Gasteiger partial charge in [0.05, 0.1) is 5.69 Å². The molecule has 0 aromatic heterocycles. The minimum absolute atomic E-state index is 0.0196. The molecular formula is C32H35N4O5P. The van der Waals surface area contributed by atoms with Gasteiger partial charge in [0.25, 0.3) is 0 Å². The lowest BCUT2D eigenvalue weighted by Crippen LogP contribution is -2.31. The molecule has 4 aromatic rings. The fraction of sp³-hybridized carbons (Fsp3) is 0.188. The van der Waals surface area contributed by atoms with Crippen molar-refractivity contribution in [2.45, 2.75) is 39.1 Å². The summed E-state index contributed by atoms with van der Waals surface area (Å²) in [6.45, 7) is 4.10. The van der Waals surface area contributed by atoms with Crippen LogP contribution in [0.3, 0.4) is 0 Å². The second-order valence-corrected chi connectivity index (χ2v) is 11.4. The van der Waals surface area contributed by atoms with Crippen LogP contribution in [0, 0.1) is 0 Å². The van der Waals surface area contributed by atoms with E-state index in [1.165, 1.54) is 0 Å². The standard InChI is InChI=1S/C32H35N4O5P/c1-3-23-10-18-28(19-11-23)40-42(38,41-29-20-12-24(4-2)13-21-29)30(26-14-16-27(17-15-26)35-31(33)34)36-32(37)39-22-25-8-6-5-7-9-25/h5-21,30H,3-4,22H2,1-2H3,(H,36,37)(H4,33,34,35). The Balaban J connectivity index is 1.72. The number of rotatable bonds is 12. The van der Waals surface area contributed by atoms with Crippen molar-refractivity contribution in [3.8, 4) is 11.5 Å². The second-order valence-electron chi connectivity index (χ2n) is 9.45. The molecule has 42 heavy (non-hydrogen) atoms. The van der Waals surface area contributed by atoms with Gasteiger partial charge in [-0.05, 0) is 71.5 Å². The lowest BCUT2D eigenvalue weighted by atomic mass is 10.2. The quantitative estimate of drug-likeness (QED) is 0.0924. The molecule has 218 valence electrons. The van der Waals surface area contributed by atoms with E-state index in [1.54, 1.807) is 48.5 Å². The highest BCUT2D eigenvalue weighted by Gasteiger charge is 2.42. The molecule has 0 saturated carbocycles. The Morgan fingerprint density at radius 3 is 1.76 bits per heavy atom. The van der Waals surface area contributed by atoms with Gasteiger partial charge in [-0.25, -0.2) is 14.4 Å². The number of alkyl carbamates (subject to hydrolysis) is 1. The summed E-state index contributed by atoms with van der Waals surface area (Å²) < 4.78 is 32.6. The van der Waals surface area contributed by atoms with Gasteiger partial charge >= 0.3 is 13.7 Å². The zero-order valence-electron chi connectivity index (χ0n) is 23.6. The topological polar surface area (TPSA) is 138 Å². The molecule has 9 nitrogen and oxygen atoms in total. The number of carbonyl (C=O) groups is 1. The summed E-state index contributed by atoms with van der Waals surface area (Å²) in [5, 5.41) is 2.73. The Morgan fingerprint density at radius 2 is 1.29 bits per heavy atom. The van der Waals surface area contributed by atoms with Crippen LogP contribution >= 0.6 is 7.60 Å². The van der Waals surface area contributed by atoms with E-state index in [-0.39, 0.29) is 12.6 Å². The number of aliphatic imine (C=N–C) groups is 1. The average Bonchev–Trinajstić information content (AvgIpc) is 3.00. The van der Waals surface area contributed by atoms with Crippen molar-refractivity contribution in [1.82, 2.24) is 5.32 Å². The molecule has 0 heterocycles. The minimum atomic E-state index is -4.23. The summed E-state index contributed by atoms with van der Waals surface area (Å²) in [6.07, 6.45) is 0.863. The van der Waals surface area contributed by atoms with Gasteiger partial charge in [-0.2, -0.15) is 0 Å². The Kier molecular flexibility index (Phi) is 10.2. The fourth-order valence-corrected chi connectivity index (χ4v) is 5.97. The monoisotopic (exact) mass is 586 g/mol. The number of benzene rings is 4. The van der Waals surface area contributed by atoms with Crippen molar-refractivity contribution < 1.29 is 23.1 Å². The number of amides is 1. The number of hydrogen-bond acceptors (Lipinski definition) is 6. The van der Waals surface area contributed by atoms with Gasteiger partial charge in [-0.3, -0.25) is 0 Å². The maximum absolute atomic E-state index is 14.9. The lowest BCUT2D eigenvalue weighted by Gasteiger charge is -2.28. The SMILES string of the molecule is CCc1ccc(OP(=O)(Oc2ccc(CC)cc2)C(NC(=O)OCc2ccccc2)c2ccc(N=C(N)N)cc2)cc1. The van der Waals surface area contributed by atoms with Crippen LogP contribution in [-0.2, 0) is 28.8 Å². The number of nitrogens with zero attached hydrogens (tertiary/aromatic N) is 1. The Bertz CT molecular complexity index is 1470. The number of nitrogens with one attached hydrogen (secondary N) is 1. The molecule has 0 radical (unpaired) electrons. The summed E-state index contributed by atoms with van der Waals surface area (Å²) in [5.74, 6) is -0.722. The molecule has 0 aliphatic rings. The molecule has 1 unspecified atom stereocenters. The highest BCUT2D eigenvalue weighted by atomic mass is 31.2. The van der Waals surface area contributed by atoms with Gasteiger partial charge in [-0.15, -0.1) is 0 Å². The third-order valence-electron chi connectivity index (χ3n) is 6.38. The van der Waals surface area contributed by atoms with Gasteiger partial charge < -0.3 is 30.6 Å². The van der Waals surface area contributed by atoms with Crippen LogP contribution in [0.2, 0.25) is 0 Å². The van der Waals surface area contributed by atoms with Crippen molar-refractivity contribution in [3.63, 3.8) is 0 Å².